The van der Waals surface area contributed by atoms with Crippen LogP contribution in [0, 0.1) is 0 Å². The van der Waals surface area contributed by atoms with Crippen LogP contribution in [0.2, 0.25) is 0 Å². The smallest absolute Gasteiger partial charge is 0.321 e. The fraction of sp³-hybridized carbons (Fsp3) is 0.500. The molecule has 134 valence electrons. The molecule has 1 aliphatic rings. The van der Waals surface area contributed by atoms with Crippen molar-refractivity contribution in [2.24, 2.45) is 0 Å². The van der Waals surface area contributed by atoms with Crippen molar-refractivity contribution in [3.63, 3.8) is 0 Å². The molecule has 7 nitrogen and oxygen atoms in total. The Hall–Kier alpha value is -1.87. The Morgan fingerprint density at radius 3 is 2.84 bits per heavy atom. The molecule has 2 aromatic heterocycles. The van der Waals surface area contributed by atoms with Crippen LogP contribution in [0.1, 0.15) is 39.0 Å². The van der Waals surface area contributed by atoms with Gasteiger partial charge < -0.3 is 9.73 Å². The van der Waals surface area contributed by atoms with Crippen LogP contribution in [0.4, 0.5) is 4.79 Å². The summed E-state index contributed by atoms with van der Waals surface area (Å²) < 4.78 is 5.55. The first-order chi connectivity index (χ1) is 12.1. The van der Waals surface area contributed by atoms with Crippen LogP contribution in [0.15, 0.2) is 27.2 Å². The number of thioether (sulfide) groups is 1. The molecule has 0 aliphatic heterocycles. The van der Waals surface area contributed by atoms with Gasteiger partial charge in [0.25, 0.3) is 11.1 Å². The van der Waals surface area contributed by atoms with E-state index in [1.165, 1.54) is 17.8 Å². The highest BCUT2D eigenvalue weighted by atomic mass is 32.2. The third-order valence-electron chi connectivity index (χ3n) is 3.96. The number of thiophene rings is 1. The van der Waals surface area contributed by atoms with Crippen molar-refractivity contribution in [3.8, 4) is 10.8 Å². The molecule has 0 saturated heterocycles. The van der Waals surface area contributed by atoms with Crippen molar-refractivity contribution in [3.05, 3.63) is 17.5 Å². The van der Waals surface area contributed by atoms with Crippen LogP contribution in [0.25, 0.3) is 10.8 Å². The van der Waals surface area contributed by atoms with Crippen LogP contribution in [-0.2, 0) is 4.79 Å². The minimum Gasteiger partial charge on any atom is -0.410 e. The summed E-state index contributed by atoms with van der Waals surface area (Å²) in [6.07, 6.45) is 5.40. The maximum Gasteiger partial charge on any atom is 0.321 e. The number of urea groups is 1. The zero-order valence-corrected chi connectivity index (χ0v) is 15.5. The molecule has 1 saturated carbocycles. The van der Waals surface area contributed by atoms with Gasteiger partial charge in [-0.15, -0.1) is 21.5 Å². The number of carbonyl (C=O) groups excluding carboxylic acids is 2. The Labute approximate surface area is 154 Å². The summed E-state index contributed by atoms with van der Waals surface area (Å²) in [4.78, 5) is 25.0. The minimum absolute atomic E-state index is 0.161. The van der Waals surface area contributed by atoms with Crippen LogP contribution in [-0.4, -0.2) is 33.4 Å². The minimum atomic E-state index is -0.520. The van der Waals surface area contributed by atoms with Crippen molar-refractivity contribution < 1.29 is 14.0 Å². The van der Waals surface area contributed by atoms with E-state index in [0.717, 1.165) is 42.3 Å². The van der Waals surface area contributed by atoms with E-state index in [2.05, 4.69) is 20.8 Å². The molecule has 1 aliphatic carbocycles. The first-order valence-electron chi connectivity index (χ1n) is 8.27. The predicted molar refractivity (Wildman–Crippen MR) is 96.5 cm³/mol. The van der Waals surface area contributed by atoms with Gasteiger partial charge in [-0.05, 0) is 31.2 Å². The molecule has 0 unspecified atom stereocenters. The third-order valence-corrected chi connectivity index (χ3v) is 5.75. The molecule has 2 heterocycles. The number of hydrogen-bond donors (Lipinski definition) is 2. The average molecular weight is 380 g/mol. The monoisotopic (exact) mass is 380 g/mol. The Morgan fingerprint density at radius 1 is 1.32 bits per heavy atom. The number of nitrogens with zero attached hydrogens (tertiary/aromatic N) is 2. The number of rotatable bonds is 5. The van der Waals surface area contributed by atoms with Crippen LogP contribution >= 0.6 is 23.1 Å². The molecular weight excluding hydrogens is 360 g/mol. The standard InChI is InChI=1S/C16H20N4O3S2/c1-10(13(21)18-15(22)17-11-6-3-2-4-7-11)25-16-20-19-14(23-16)12-8-5-9-24-12/h5,8-11H,2-4,6-7H2,1H3,(H2,17,18,21,22)/t10-/m1/s1. The van der Waals surface area contributed by atoms with Gasteiger partial charge >= 0.3 is 6.03 Å². The highest BCUT2D eigenvalue weighted by molar-refractivity contribution is 8.00. The summed E-state index contributed by atoms with van der Waals surface area (Å²) in [5.74, 6) is 0.0503. The largest absolute Gasteiger partial charge is 0.410 e. The van der Waals surface area contributed by atoms with Crippen molar-refractivity contribution in [2.45, 2.75) is 55.5 Å². The van der Waals surface area contributed by atoms with Crippen LogP contribution < -0.4 is 10.6 Å². The fourth-order valence-corrected chi connectivity index (χ4v) is 3.97. The molecule has 0 spiro atoms. The van der Waals surface area contributed by atoms with Gasteiger partial charge in [-0.2, -0.15) is 0 Å². The van der Waals surface area contributed by atoms with Crippen molar-refractivity contribution in [1.82, 2.24) is 20.8 Å². The van der Waals surface area contributed by atoms with Crippen molar-refractivity contribution in [1.29, 1.82) is 0 Å². The van der Waals surface area contributed by atoms with E-state index in [0.29, 0.717) is 11.1 Å². The summed E-state index contributed by atoms with van der Waals surface area (Å²) in [6, 6.07) is 3.51. The molecule has 9 heteroatoms. The van der Waals surface area contributed by atoms with E-state index in [1.54, 1.807) is 6.92 Å². The van der Waals surface area contributed by atoms with Gasteiger partial charge in [0.2, 0.25) is 5.91 Å². The lowest BCUT2D eigenvalue weighted by molar-refractivity contribution is -0.119. The Bertz CT molecular complexity index is 711. The highest BCUT2D eigenvalue weighted by Gasteiger charge is 2.22. The molecular formula is C16H20N4O3S2. The number of hydrogen-bond acceptors (Lipinski definition) is 7. The lowest BCUT2D eigenvalue weighted by Gasteiger charge is -2.22. The second-order valence-electron chi connectivity index (χ2n) is 5.91. The zero-order chi connectivity index (χ0) is 17.6. The summed E-state index contributed by atoms with van der Waals surface area (Å²) in [7, 11) is 0. The zero-order valence-electron chi connectivity index (χ0n) is 13.9. The second-order valence-corrected chi connectivity index (χ2v) is 8.15. The maximum atomic E-state index is 12.2. The molecule has 3 rings (SSSR count). The van der Waals surface area contributed by atoms with Gasteiger partial charge in [0.15, 0.2) is 0 Å². The van der Waals surface area contributed by atoms with E-state index >= 15 is 0 Å². The first kappa shape index (κ1) is 17.9. The Balaban J connectivity index is 1.48. The quantitative estimate of drug-likeness (QED) is 0.771. The molecule has 0 aromatic carbocycles. The predicted octanol–water partition coefficient (Wildman–Crippen LogP) is 3.44. The molecule has 25 heavy (non-hydrogen) atoms. The van der Waals surface area contributed by atoms with Gasteiger partial charge in [0, 0.05) is 6.04 Å². The second kappa shape index (κ2) is 8.48. The van der Waals surface area contributed by atoms with Gasteiger partial charge in [-0.1, -0.05) is 37.1 Å². The lowest BCUT2D eigenvalue weighted by Crippen LogP contribution is -2.47. The summed E-state index contributed by atoms with van der Waals surface area (Å²) in [6.45, 7) is 1.70. The van der Waals surface area contributed by atoms with E-state index in [1.807, 2.05) is 17.5 Å². The van der Waals surface area contributed by atoms with Crippen molar-refractivity contribution >= 4 is 35.0 Å². The topological polar surface area (TPSA) is 97.1 Å². The molecule has 0 radical (unpaired) electrons. The summed E-state index contributed by atoms with van der Waals surface area (Å²) in [5.41, 5.74) is 0. The van der Waals surface area contributed by atoms with E-state index in [-0.39, 0.29) is 11.9 Å². The number of aromatic nitrogens is 2. The SMILES string of the molecule is C[C@@H](Sc1nnc(-c2cccs2)o1)C(=O)NC(=O)NC1CCCCC1. The van der Waals surface area contributed by atoms with Gasteiger partial charge in [-0.3, -0.25) is 10.1 Å². The summed E-state index contributed by atoms with van der Waals surface area (Å²) in [5, 5.41) is 14.9. The molecule has 2 N–H and O–H groups in total. The Kier molecular flexibility index (Phi) is 6.09. The molecule has 1 atom stereocenters. The summed E-state index contributed by atoms with van der Waals surface area (Å²) >= 11 is 2.63. The normalized spacial score (nSPS) is 16.4. The van der Waals surface area contributed by atoms with Crippen LogP contribution in [0.3, 0.4) is 0 Å². The number of carbonyl (C=O) groups is 2. The molecule has 0 bridgehead atoms. The Morgan fingerprint density at radius 2 is 2.12 bits per heavy atom. The number of amides is 3. The third kappa shape index (κ3) is 5.05. The van der Waals surface area contributed by atoms with Gasteiger partial charge in [0.1, 0.15) is 0 Å². The average Bonchev–Trinajstić information content (AvgIpc) is 3.26. The fourth-order valence-electron chi connectivity index (χ4n) is 2.64. The van der Waals surface area contributed by atoms with Gasteiger partial charge in [0.05, 0.1) is 10.1 Å². The lowest BCUT2D eigenvalue weighted by atomic mass is 9.96. The van der Waals surface area contributed by atoms with Crippen LogP contribution in [0.5, 0.6) is 0 Å². The highest BCUT2D eigenvalue weighted by Crippen LogP contribution is 2.28. The number of nitrogens with one attached hydrogen (secondary N) is 2. The molecule has 2 aromatic rings. The van der Waals surface area contributed by atoms with Gasteiger partial charge in [-0.25, -0.2) is 4.79 Å². The van der Waals surface area contributed by atoms with E-state index < -0.39 is 11.3 Å². The van der Waals surface area contributed by atoms with Crippen molar-refractivity contribution in [2.75, 3.05) is 0 Å². The van der Waals surface area contributed by atoms with E-state index in [9.17, 15) is 9.59 Å². The molecule has 3 amide bonds. The first-order valence-corrected chi connectivity index (χ1v) is 10.0. The maximum absolute atomic E-state index is 12.2. The van der Waals surface area contributed by atoms with E-state index in [4.69, 9.17) is 4.42 Å². The molecule has 1 fully saturated rings. The number of imide groups is 1.